The number of aliphatic hydroxyl groups is 1. The minimum Gasteiger partial charge on any atom is -0.467 e. The third-order valence-electron chi connectivity index (χ3n) is 7.98. The summed E-state index contributed by atoms with van der Waals surface area (Å²) in [6, 6.07) is 8.40. The molecule has 0 aromatic heterocycles. The van der Waals surface area contributed by atoms with Gasteiger partial charge in [-0.2, -0.15) is 0 Å². The summed E-state index contributed by atoms with van der Waals surface area (Å²) < 4.78 is 6.54. The number of para-hydroxylation sites is 1. The summed E-state index contributed by atoms with van der Waals surface area (Å²) in [7, 11) is 1.96. The number of fused-ring (bicyclic) bond motifs is 2. The molecule has 3 aliphatic heterocycles. The van der Waals surface area contributed by atoms with Gasteiger partial charge in [-0.15, -0.1) is 0 Å². The van der Waals surface area contributed by atoms with Gasteiger partial charge in [0, 0.05) is 38.5 Å². The van der Waals surface area contributed by atoms with Crippen molar-refractivity contribution < 1.29 is 14.6 Å². The molecule has 4 atom stereocenters. The molecule has 1 aromatic carbocycles. The van der Waals surface area contributed by atoms with Crippen LogP contribution in [-0.4, -0.2) is 59.8 Å². The SMILES string of the molecule is CN1C(=O)C(CN2CCC(CCO)CC2)C2c3ccccc3OC13CCCC23. The largest absolute Gasteiger partial charge is 0.467 e. The van der Waals surface area contributed by atoms with Gasteiger partial charge >= 0.3 is 0 Å². The Morgan fingerprint density at radius 1 is 1.21 bits per heavy atom. The number of ether oxygens (including phenoxy) is 1. The van der Waals surface area contributed by atoms with E-state index in [4.69, 9.17) is 4.74 Å². The molecule has 5 rings (SSSR count). The lowest BCUT2D eigenvalue weighted by molar-refractivity contribution is -0.185. The second-order valence-electron chi connectivity index (χ2n) is 9.27. The van der Waals surface area contributed by atoms with E-state index in [0.29, 0.717) is 18.4 Å². The zero-order chi connectivity index (χ0) is 19.3. The van der Waals surface area contributed by atoms with Crippen molar-refractivity contribution in [1.82, 2.24) is 9.80 Å². The molecule has 2 bridgehead atoms. The lowest BCUT2D eigenvalue weighted by Gasteiger charge is -2.56. The van der Waals surface area contributed by atoms with E-state index in [1.807, 2.05) is 18.0 Å². The van der Waals surface area contributed by atoms with Gasteiger partial charge in [0.05, 0.1) is 5.92 Å². The fraction of sp³-hybridized carbons (Fsp3) is 0.696. The molecule has 28 heavy (non-hydrogen) atoms. The monoisotopic (exact) mass is 384 g/mol. The molecule has 1 N–H and O–H groups in total. The van der Waals surface area contributed by atoms with E-state index in [2.05, 4.69) is 23.1 Å². The van der Waals surface area contributed by atoms with Gasteiger partial charge in [-0.25, -0.2) is 0 Å². The number of carbonyl (C=O) groups excluding carboxylic acids is 1. The molecule has 4 unspecified atom stereocenters. The third kappa shape index (κ3) is 2.70. The van der Waals surface area contributed by atoms with Crippen molar-refractivity contribution in [2.45, 2.75) is 50.2 Å². The minimum absolute atomic E-state index is 0.0145. The van der Waals surface area contributed by atoms with Crippen LogP contribution in [0.1, 0.15) is 50.0 Å². The molecule has 5 heteroatoms. The van der Waals surface area contributed by atoms with Crippen LogP contribution >= 0.6 is 0 Å². The van der Waals surface area contributed by atoms with E-state index >= 15 is 0 Å². The summed E-state index contributed by atoms with van der Waals surface area (Å²) in [5.74, 6) is 2.57. The Hall–Kier alpha value is -1.59. The average molecular weight is 385 g/mol. The molecule has 1 aromatic rings. The number of carbonyl (C=O) groups is 1. The Balaban J connectivity index is 1.43. The summed E-state index contributed by atoms with van der Waals surface area (Å²) in [4.78, 5) is 18.0. The Labute approximate surface area is 167 Å². The summed E-state index contributed by atoms with van der Waals surface area (Å²) in [5.41, 5.74) is 0.812. The van der Waals surface area contributed by atoms with E-state index in [1.165, 1.54) is 5.56 Å². The van der Waals surface area contributed by atoms with Crippen molar-refractivity contribution in [2.24, 2.45) is 17.8 Å². The normalized spacial score (nSPS) is 35.4. The zero-order valence-corrected chi connectivity index (χ0v) is 16.8. The Morgan fingerprint density at radius 3 is 2.79 bits per heavy atom. The number of aliphatic hydroxyl groups excluding tert-OH is 1. The minimum atomic E-state index is -0.430. The van der Waals surface area contributed by atoms with Crippen LogP contribution in [0.5, 0.6) is 5.75 Å². The number of piperidine rings is 2. The van der Waals surface area contributed by atoms with Crippen LogP contribution in [0.25, 0.3) is 0 Å². The van der Waals surface area contributed by atoms with Crippen molar-refractivity contribution in [3.8, 4) is 5.75 Å². The fourth-order valence-electron chi connectivity index (χ4n) is 6.51. The van der Waals surface area contributed by atoms with Crippen LogP contribution in [-0.2, 0) is 4.79 Å². The van der Waals surface area contributed by atoms with E-state index in [-0.39, 0.29) is 17.7 Å². The molecular formula is C23H32N2O3. The number of hydrogen-bond acceptors (Lipinski definition) is 4. The second kappa shape index (κ2) is 7.03. The lowest BCUT2D eigenvalue weighted by atomic mass is 9.67. The van der Waals surface area contributed by atoms with Gasteiger partial charge in [0.15, 0.2) is 5.72 Å². The lowest BCUT2D eigenvalue weighted by Crippen LogP contribution is -2.67. The highest BCUT2D eigenvalue weighted by Crippen LogP contribution is 2.59. The Morgan fingerprint density at radius 2 is 2.00 bits per heavy atom. The highest BCUT2D eigenvalue weighted by molar-refractivity contribution is 5.83. The molecule has 0 spiro atoms. The predicted molar refractivity (Wildman–Crippen MR) is 107 cm³/mol. The van der Waals surface area contributed by atoms with Crippen LogP contribution in [0.4, 0.5) is 0 Å². The zero-order valence-electron chi connectivity index (χ0n) is 16.8. The predicted octanol–water partition coefficient (Wildman–Crippen LogP) is 2.84. The van der Waals surface area contributed by atoms with Gasteiger partial charge in [-0.1, -0.05) is 18.2 Å². The first kappa shape index (κ1) is 18.4. The van der Waals surface area contributed by atoms with Crippen molar-refractivity contribution in [3.05, 3.63) is 29.8 Å². The Kier molecular flexibility index (Phi) is 4.63. The fourth-order valence-corrected chi connectivity index (χ4v) is 6.51. The maximum atomic E-state index is 13.5. The quantitative estimate of drug-likeness (QED) is 0.867. The highest BCUT2D eigenvalue weighted by atomic mass is 16.5. The van der Waals surface area contributed by atoms with E-state index in [0.717, 1.165) is 63.9 Å². The molecule has 2 saturated heterocycles. The van der Waals surface area contributed by atoms with Gasteiger partial charge in [0.2, 0.25) is 5.91 Å². The smallest absolute Gasteiger partial charge is 0.230 e. The number of nitrogens with zero attached hydrogens (tertiary/aromatic N) is 2. The molecule has 1 amide bonds. The van der Waals surface area contributed by atoms with Crippen LogP contribution in [0, 0.1) is 17.8 Å². The molecule has 0 radical (unpaired) electrons. The van der Waals surface area contributed by atoms with Gasteiger partial charge in [-0.3, -0.25) is 4.79 Å². The first-order chi connectivity index (χ1) is 13.6. The first-order valence-corrected chi connectivity index (χ1v) is 11.0. The van der Waals surface area contributed by atoms with Gasteiger partial charge < -0.3 is 19.6 Å². The van der Waals surface area contributed by atoms with Crippen molar-refractivity contribution in [1.29, 1.82) is 0 Å². The van der Waals surface area contributed by atoms with E-state index in [1.54, 1.807) is 0 Å². The molecule has 4 aliphatic rings. The first-order valence-electron chi connectivity index (χ1n) is 11.0. The standard InChI is InChI=1S/C23H32N2O3/c1-24-22(27)18(15-25-12-8-16(9-13-25)10-14-26)21-17-5-2-3-7-20(17)28-23(24)11-4-6-19(21)23/h2-3,5,7,16,18-19,21,26H,4,6,8-15H2,1H3. The van der Waals surface area contributed by atoms with Gasteiger partial charge in [0.1, 0.15) is 5.75 Å². The van der Waals surface area contributed by atoms with Crippen LogP contribution in [0.2, 0.25) is 0 Å². The topological polar surface area (TPSA) is 53.0 Å². The Bertz CT molecular complexity index is 745. The molecular weight excluding hydrogens is 352 g/mol. The molecule has 5 nitrogen and oxygen atoms in total. The van der Waals surface area contributed by atoms with Crippen LogP contribution in [0.15, 0.2) is 24.3 Å². The number of benzene rings is 1. The molecule has 152 valence electrons. The number of amides is 1. The average Bonchev–Trinajstić information content (AvgIpc) is 3.15. The maximum absolute atomic E-state index is 13.5. The number of hydrogen-bond donors (Lipinski definition) is 1. The number of rotatable bonds is 4. The summed E-state index contributed by atoms with van der Waals surface area (Å²) in [6.07, 6.45) is 6.41. The van der Waals surface area contributed by atoms with Gasteiger partial charge in [-0.05, 0) is 62.7 Å². The molecule has 1 saturated carbocycles. The highest BCUT2D eigenvalue weighted by Gasteiger charge is 2.63. The van der Waals surface area contributed by atoms with Crippen LogP contribution < -0.4 is 4.74 Å². The maximum Gasteiger partial charge on any atom is 0.230 e. The molecule has 3 fully saturated rings. The summed E-state index contributed by atoms with van der Waals surface area (Å²) in [5, 5.41) is 9.21. The van der Waals surface area contributed by atoms with Crippen LogP contribution in [0.3, 0.4) is 0 Å². The van der Waals surface area contributed by atoms with Crippen molar-refractivity contribution >= 4 is 5.91 Å². The number of likely N-dealkylation sites (tertiary alicyclic amines) is 2. The van der Waals surface area contributed by atoms with Gasteiger partial charge in [0.25, 0.3) is 0 Å². The molecule has 3 heterocycles. The van der Waals surface area contributed by atoms with E-state index < -0.39 is 5.72 Å². The second-order valence-corrected chi connectivity index (χ2v) is 9.27. The van der Waals surface area contributed by atoms with Crippen molar-refractivity contribution in [3.63, 3.8) is 0 Å². The van der Waals surface area contributed by atoms with E-state index in [9.17, 15) is 9.90 Å². The van der Waals surface area contributed by atoms with Crippen molar-refractivity contribution in [2.75, 3.05) is 33.3 Å². The summed E-state index contributed by atoms with van der Waals surface area (Å²) >= 11 is 0. The third-order valence-corrected chi connectivity index (χ3v) is 7.98. The molecule has 1 aliphatic carbocycles. The summed E-state index contributed by atoms with van der Waals surface area (Å²) in [6.45, 7) is 3.22.